The van der Waals surface area contributed by atoms with E-state index < -0.39 is 11.6 Å². The highest BCUT2D eigenvalue weighted by Gasteiger charge is 2.06. The molecule has 0 radical (unpaired) electrons. The fourth-order valence-corrected chi connectivity index (χ4v) is 1.66. The zero-order valence-corrected chi connectivity index (χ0v) is 10.5. The number of nitrogens with one attached hydrogen (secondary N) is 1. The van der Waals surface area contributed by atoms with Crippen molar-refractivity contribution >= 4 is 0 Å². The maximum Gasteiger partial charge on any atom is 0.159 e. The van der Waals surface area contributed by atoms with Crippen molar-refractivity contribution in [1.82, 2.24) is 10.2 Å². The van der Waals surface area contributed by atoms with E-state index in [-0.39, 0.29) is 0 Å². The zero-order chi connectivity index (χ0) is 12.7. The van der Waals surface area contributed by atoms with Crippen molar-refractivity contribution in [3.8, 4) is 0 Å². The van der Waals surface area contributed by atoms with E-state index in [0.717, 1.165) is 31.7 Å². The van der Waals surface area contributed by atoms with E-state index in [1.807, 2.05) is 0 Å². The van der Waals surface area contributed by atoms with E-state index in [4.69, 9.17) is 0 Å². The first kappa shape index (κ1) is 14.1. The monoisotopic (exact) mass is 242 g/mol. The molecule has 4 heteroatoms. The molecule has 0 atom stereocenters. The first-order valence-electron chi connectivity index (χ1n) is 6.04. The Hall–Kier alpha value is -1.00. The highest BCUT2D eigenvalue weighted by molar-refractivity contribution is 5.17. The van der Waals surface area contributed by atoms with E-state index in [1.54, 1.807) is 6.07 Å². The Morgan fingerprint density at radius 2 is 1.94 bits per heavy atom. The lowest BCUT2D eigenvalue weighted by molar-refractivity contribution is 0.279. The third-order valence-corrected chi connectivity index (χ3v) is 2.69. The summed E-state index contributed by atoms with van der Waals surface area (Å²) in [5.41, 5.74) is 0.808. The van der Waals surface area contributed by atoms with Crippen molar-refractivity contribution in [3.63, 3.8) is 0 Å². The predicted octanol–water partition coefficient (Wildman–Crippen LogP) is 2.40. The Labute approximate surface area is 102 Å². The van der Waals surface area contributed by atoms with Crippen LogP contribution in [0, 0.1) is 11.6 Å². The fourth-order valence-electron chi connectivity index (χ4n) is 1.66. The van der Waals surface area contributed by atoms with Crippen LogP contribution in [0.15, 0.2) is 18.2 Å². The minimum Gasteiger partial charge on any atom is -0.316 e. The van der Waals surface area contributed by atoms with Gasteiger partial charge in [0.05, 0.1) is 0 Å². The van der Waals surface area contributed by atoms with Crippen molar-refractivity contribution in [2.75, 3.05) is 26.2 Å². The molecule has 17 heavy (non-hydrogen) atoms. The predicted molar refractivity (Wildman–Crippen MR) is 65.9 cm³/mol. The standard InChI is InChI=1S/C13H20F2N2/c1-3-16-7-8-17(4-2)10-11-5-6-12(14)13(15)9-11/h5-6,9,16H,3-4,7-8,10H2,1-2H3. The number of halogens is 2. The van der Waals surface area contributed by atoms with Crippen LogP contribution in [0.25, 0.3) is 0 Å². The Bertz CT molecular complexity index is 342. The van der Waals surface area contributed by atoms with Gasteiger partial charge in [-0.3, -0.25) is 4.90 Å². The number of hydrogen-bond acceptors (Lipinski definition) is 2. The molecule has 1 rings (SSSR count). The molecular weight excluding hydrogens is 222 g/mol. The summed E-state index contributed by atoms with van der Waals surface area (Å²) in [7, 11) is 0. The molecule has 0 saturated heterocycles. The Balaban J connectivity index is 2.51. The Morgan fingerprint density at radius 1 is 1.18 bits per heavy atom. The van der Waals surface area contributed by atoms with Gasteiger partial charge in [-0.15, -0.1) is 0 Å². The van der Waals surface area contributed by atoms with E-state index in [9.17, 15) is 8.78 Å². The second-order valence-corrected chi connectivity index (χ2v) is 3.97. The molecule has 0 aromatic heterocycles. The third-order valence-electron chi connectivity index (χ3n) is 2.69. The Morgan fingerprint density at radius 3 is 2.53 bits per heavy atom. The van der Waals surface area contributed by atoms with Crippen LogP contribution < -0.4 is 5.32 Å². The van der Waals surface area contributed by atoms with Gasteiger partial charge in [-0.2, -0.15) is 0 Å². The summed E-state index contributed by atoms with van der Waals surface area (Å²) in [6.45, 7) is 8.43. The molecule has 0 amide bonds. The number of likely N-dealkylation sites (N-methyl/N-ethyl adjacent to an activating group) is 2. The lowest BCUT2D eigenvalue weighted by atomic mass is 10.2. The topological polar surface area (TPSA) is 15.3 Å². The first-order chi connectivity index (χ1) is 8.17. The van der Waals surface area contributed by atoms with Gasteiger partial charge in [-0.1, -0.05) is 19.9 Å². The summed E-state index contributed by atoms with van der Waals surface area (Å²) >= 11 is 0. The second kappa shape index (κ2) is 7.35. The van der Waals surface area contributed by atoms with Crippen molar-refractivity contribution in [2.24, 2.45) is 0 Å². The summed E-state index contributed by atoms with van der Waals surface area (Å²) in [5, 5.41) is 3.24. The maximum absolute atomic E-state index is 13.0. The molecule has 0 aliphatic carbocycles. The van der Waals surface area contributed by atoms with E-state index in [2.05, 4.69) is 24.1 Å². The highest BCUT2D eigenvalue weighted by atomic mass is 19.2. The van der Waals surface area contributed by atoms with Crippen molar-refractivity contribution < 1.29 is 8.78 Å². The van der Waals surface area contributed by atoms with Crippen LogP contribution in [-0.4, -0.2) is 31.1 Å². The molecule has 0 saturated carbocycles. The molecule has 1 aromatic carbocycles. The largest absolute Gasteiger partial charge is 0.316 e. The van der Waals surface area contributed by atoms with E-state index in [0.29, 0.717) is 6.54 Å². The second-order valence-electron chi connectivity index (χ2n) is 3.97. The van der Waals surface area contributed by atoms with Crippen LogP contribution in [0.2, 0.25) is 0 Å². The zero-order valence-electron chi connectivity index (χ0n) is 10.5. The summed E-state index contributed by atoms with van der Waals surface area (Å²) in [4.78, 5) is 2.19. The van der Waals surface area contributed by atoms with Gasteiger partial charge in [-0.25, -0.2) is 8.78 Å². The van der Waals surface area contributed by atoms with Crippen LogP contribution in [0.4, 0.5) is 8.78 Å². The normalized spacial score (nSPS) is 11.1. The lowest BCUT2D eigenvalue weighted by Gasteiger charge is -2.20. The Kier molecular flexibility index (Phi) is 6.08. The average Bonchev–Trinajstić information content (AvgIpc) is 2.32. The fraction of sp³-hybridized carbons (Fsp3) is 0.538. The number of nitrogens with zero attached hydrogens (tertiary/aromatic N) is 1. The molecule has 96 valence electrons. The summed E-state index contributed by atoms with van der Waals surface area (Å²) in [6.07, 6.45) is 0. The molecule has 0 fully saturated rings. The lowest BCUT2D eigenvalue weighted by Crippen LogP contribution is -2.31. The molecule has 0 aliphatic rings. The van der Waals surface area contributed by atoms with Crippen LogP contribution in [0.5, 0.6) is 0 Å². The SMILES string of the molecule is CCNCCN(CC)Cc1ccc(F)c(F)c1. The van der Waals surface area contributed by atoms with Crippen molar-refractivity contribution in [3.05, 3.63) is 35.4 Å². The smallest absolute Gasteiger partial charge is 0.159 e. The summed E-state index contributed by atoms with van der Waals surface area (Å²) in [5.74, 6) is -1.56. The minimum atomic E-state index is -0.788. The van der Waals surface area contributed by atoms with Gasteiger partial charge in [0.25, 0.3) is 0 Å². The van der Waals surface area contributed by atoms with E-state index >= 15 is 0 Å². The van der Waals surface area contributed by atoms with Crippen molar-refractivity contribution in [2.45, 2.75) is 20.4 Å². The first-order valence-corrected chi connectivity index (χ1v) is 6.04. The number of rotatable bonds is 7. The summed E-state index contributed by atoms with van der Waals surface area (Å²) in [6, 6.07) is 4.09. The van der Waals surface area contributed by atoms with Gasteiger partial charge < -0.3 is 5.32 Å². The molecule has 1 N–H and O–H groups in total. The quantitative estimate of drug-likeness (QED) is 0.739. The highest BCUT2D eigenvalue weighted by Crippen LogP contribution is 2.10. The van der Waals surface area contributed by atoms with Crippen LogP contribution in [0.1, 0.15) is 19.4 Å². The molecule has 0 unspecified atom stereocenters. The molecular formula is C13H20F2N2. The molecule has 0 aliphatic heterocycles. The molecule has 1 aromatic rings. The van der Waals surface area contributed by atoms with Crippen LogP contribution >= 0.6 is 0 Å². The molecule has 2 nitrogen and oxygen atoms in total. The van der Waals surface area contributed by atoms with Gasteiger partial charge >= 0.3 is 0 Å². The van der Waals surface area contributed by atoms with Crippen LogP contribution in [0.3, 0.4) is 0 Å². The van der Waals surface area contributed by atoms with Gasteiger partial charge in [0, 0.05) is 19.6 Å². The van der Waals surface area contributed by atoms with Gasteiger partial charge in [0.15, 0.2) is 11.6 Å². The van der Waals surface area contributed by atoms with Gasteiger partial charge in [-0.05, 0) is 30.8 Å². The maximum atomic E-state index is 13.0. The average molecular weight is 242 g/mol. The summed E-state index contributed by atoms with van der Waals surface area (Å²) < 4.78 is 25.8. The van der Waals surface area contributed by atoms with Crippen LogP contribution in [-0.2, 0) is 6.54 Å². The van der Waals surface area contributed by atoms with Gasteiger partial charge in [0.2, 0.25) is 0 Å². The number of hydrogen-bond donors (Lipinski definition) is 1. The molecule has 0 bridgehead atoms. The number of benzene rings is 1. The molecule has 0 heterocycles. The van der Waals surface area contributed by atoms with E-state index in [1.165, 1.54) is 12.1 Å². The van der Waals surface area contributed by atoms with Gasteiger partial charge in [0.1, 0.15) is 0 Å². The molecule has 0 spiro atoms. The minimum absolute atomic E-state index is 0.652. The third kappa shape index (κ3) is 4.79. The van der Waals surface area contributed by atoms with Crippen molar-refractivity contribution in [1.29, 1.82) is 0 Å².